The van der Waals surface area contributed by atoms with Gasteiger partial charge in [-0.05, 0) is 20.8 Å². The first kappa shape index (κ1) is 18.5. The van der Waals surface area contributed by atoms with Crippen molar-refractivity contribution in [1.82, 2.24) is 4.90 Å². The Morgan fingerprint density at radius 2 is 2.00 bits per heavy atom. The summed E-state index contributed by atoms with van der Waals surface area (Å²) in [4.78, 5) is 24.9. The zero-order chi connectivity index (χ0) is 17.6. The summed E-state index contributed by atoms with van der Waals surface area (Å²) in [6.07, 6.45) is 0. The molecule has 0 aliphatic carbocycles. The molecule has 0 aliphatic rings. The van der Waals surface area contributed by atoms with Gasteiger partial charge in [0.15, 0.2) is 11.5 Å². The Bertz CT molecular complexity index is 613. The molecule has 1 aromatic rings. The van der Waals surface area contributed by atoms with Crippen molar-refractivity contribution in [3.8, 4) is 11.5 Å². The van der Waals surface area contributed by atoms with E-state index in [1.165, 1.54) is 24.1 Å². The molecule has 1 amide bonds. The number of hydrogen-bond acceptors (Lipinski definition) is 5. The van der Waals surface area contributed by atoms with Crippen molar-refractivity contribution in [3.05, 3.63) is 40.0 Å². The fourth-order valence-electron chi connectivity index (χ4n) is 2.12. The van der Waals surface area contributed by atoms with Crippen LogP contribution < -0.4 is 9.47 Å². The third kappa shape index (κ3) is 4.45. The van der Waals surface area contributed by atoms with Crippen molar-refractivity contribution in [2.75, 3.05) is 26.8 Å². The van der Waals surface area contributed by atoms with E-state index in [-0.39, 0.29) is 17.0 Å². The largest absolute Gasteiger partial charge is 0.493 e. The minimum absolute atomic E-state index is 0.0256. The van der Waals surface area contributed by atoms with Gasteiger partial charge in [0.25, 0.3) is 11.6 Å². The second-order valence-corrected chi connectivity index (χ2v) is 4.99. The Hall–Kier alpha value is -2.57. The monoisotopic (exact) mass is 322 g/mol. The van der Waals surface area contributed by atoms with E-state index in [0.717, 1.165) is 5.57 Å². The standard InChI is InChI=1S/C16H22N2O5/c1-6-17(10-11(3)4)16(19)12-8-15(23-7-2)14(22-5)9-13(12)18(20)21/h8-9H,3,6-7,10H2,1-2,4-5H3. The number of amides is 1. The fourth-order valence-corrected chi connectivity index (χ4v) is 2.12. The Balaban J connectivity index is 3.41. The van der Waals surface area contributed by atoms with E-state index >= 15 is 0 Å². The summed E-state index contributed by atoms with van der Waals surface area (Å²) in [5.74, 6) is 0.0826. The number of nitro groups is 1. The van der Waals surface area contributed by atoms with E-state index in [0.29, 0.717) is 25.4 Å². The highest BCUT2D eigenvalue weighted by molar-refractivity contribution is 5.99. The molecule has 23 heavy (non-hydrogen) atoms. The van der Waals surface area contributed by atoms with Gasteiger partial charge in [-0.25, -0.2) is 0 Å². The minimum atomic E-state index is -0.597. The van der Waals surface area contributed by atoms with Crippen LogP contribution >= 0.6 is 0 Å². The van der Waals surface area contributed by atoms with Gasteiger partial charge in [0.05, 0.1) is 24.7 Å². The van der Waals surface area contributed by atoms with Crippen LogP contribution in [0.2, 0.25) is 0 Å². The lowest BCUT2D eigenvalue weighted by Crippen LogP contribution is -2.32. The van der Waals surface area contributed by atoms with Crippen LogP contribution in [0.1, 0.15) is 31.1 Å². The SMILES string of the molecule is C=C(C)CN(CC)C(=O)c1cc(OCC)c(OC)cc1[N+](=O)[O-]. The normalized spacial score (nSPS) is 10.1. The van der Waals surface area contributed by atoms with Crippen molar-refractivity contribution in [1.29, 1.82) is 0 Å². The van der Waals surface area contributed by atoms with Crippen molar-refractivity contribution in [2.24, 2.45) is 0 Å². The number of benzene rings is 1. The number of carbonyl (C=O) groups excluding carboxylic acids is 1. The summed E-state index contributed by atoms with van der Waals surface area (Å²) in [5.41, 5.74) is 0.458. The average Bonchev–Trinajstić information content (AvgIpc) is 2.51. The number of nitrogens with zero attached hydrogens (tertiary/aromatic N) is 2. The van der Waals surface area contributed by atoms with Gasteiger partial charge in [0.2, 0.25) is 0 Å². The number of hydrogen-bond donors (Lipinski definition) is 0. The predicted molar refractivity (Wildman–Crippen MR) is 87.2 cm³/mol. The zero-order valence-corrected chi connectivity index (χ0v) is 13.9. The minimum Gasteiger partial charge on any atom is -0.493 e. The quantitative estimate of drug-likeness (QED) is 0.417. The van der Waals surface area contributed by atoms with Crippen LogP contribution in [0, 0.1) is 10.1 Å². The maximum Gasteiger partial charge on any atom is 0.286 e. The molecule has 0 aromatic heterocycles. The fraction of sp³-hybridized carbons (Fsp3) is 0.438. The number of rotatable bonds is 8. The molecule has 7 heteroatoms. The molecule has 1 aromatic carbocycles. The van der Waals surface area contributed by atoms with Crippen LogP contribution in [0.3, 0.4) is 0 Å². The van der Waals surface area contributed by atoms with E-state index in [1.807, 2.05) is 0 Å². The molecule has 0 saturated carbocycles. The number of ether oxygens (including phenoxy) is 2. The van der Waals surface area contributed by atoms with Gasteiger partial charge < -0.3 is 14.4 Å². The van der Waals surface area contributed by atoms with Crippen molar-refractivity contribution in [3.63, 3.8) is 0 Å². The highest BCUT2D eigenvalue weighted by Crippen LogP contribution is 2.35. The summed E-state index contributed by atoms with van der Waals surface area (Å²) in [6, 6.07) is 2.58. The summed E-state index contributed by atoms with van der Waals surface area (Å²) < 4.78 is 10.5. The number of carbonyl (C=O) groups is 1. The number of likely N-dealkylation sites (N-methyl/N-ethyl adjacent to an activating group) is 1. The van der Waals surface area contributed by atoms with Gasteiger partial charge in [-0.2, -0.15) is 0 Å². The summed E-state index contributed by atoms with van der Waals surface area (Å²) in [6.45, 7) is 10.3. The molecule has 0 atom stereocenters. The maximum absolute atomic E-state index is 12.7. The number of nitro benzene ring substituents is 1. The van der Waals surface area contributed by atoms with E-state index in [9.17, 15) is 14.9 Å². The maximum atomic E-state index is 12.7. The van der Waals surface area contributed by atoms with E-state index in [4.69, 9.17) is 9.47 Å². The van der Waals surface area contributed by atoms with Crippen LogP contribution in [0.4, 0.5) is 5.69 Å². The molecular formula is C16H22N2O5. The molecule has 0 spiro atoms. The third-order valence-corrected chi connectivity index (χ3v) is 3.14. The second kappa shape index (κ2) is 8.17. The lowest BCUT2D eigenvalue weighted by molar-refractivity contribution is -0.385. The Morgan fingerprint density at radius 3 is 2.43 bits per heavy atom. The van der Waals surface area contributed by atoms with Gasteiger partial charge in [-0.3, -0.25) is 14.9 Å². The first-order chi connectivity index (χ1) is 10.8. The molecule has 126 valence electrons. The molecule has 0 saturated heterocycles. The Kier molecular flexibility index (Phi) is 6.56. The zero-order valence-electron chi connectivity index (χ0n) is 13.9. The van der Waals surface area contributed by atoms with Crippen LogP contribution in [0.25, 0.3) is 0 Å². The lowest BCUT2D eigenvalue weighted by atomic mass is 10.1. The Morgan fingerprint density at radius 1 is 1.35 bits per heavy atom. The van der Waals surface area contributed by atoms with Gasteiger partial charge in [0, 0.05) is 19.2 Å². The molecule has 0 N–H and O–H groups in total. The summed E-state index contributed by atoms with van der Waals surface area (Å²) in [7, 11) is 1.39. The molecular weight excluding hydrogens is 300 g/mol. The van der Waals surface area contributed by atoms with Crippen LogP contribution in [0.15, 0.2) is 24.3 Å². The van der Waals surface area contributed by atoms with Crippen molar-refractivity contribution in [2.45, 2.75) is 20.8 Å². The number of methoxy groups -OCH3 is 1. The molecule has 0 radical (unpaired) electrons. The molecule has 0 unspecified atom stereocenters. The smallest absolute Gasteiger partial charge is 0.286 e. The van der Waals surface area contributed by atoms with Crippen LogP contribution in [0.5, 0.6) is 11.5 Å². The van der Waals surface area contributed by atoms with Crippen molar-refractivity contribution < 1.29 is 19.2 Å². The highest BCUT2D eigenvalue weighted by atomic mass is 16.6. The van der Waals surface area contributed by atoms with Gasteiger partial charge in [0.1, 0.15) is 5.56 Å². The molecule has 0 aliphatic heterocycles. The van der Waals surface area contributed by atoms with Gasteiger partial charge >= 0.3 is 0 Å². The molecule has 0 heterocycles. The van der Waals surface area contributed by atoms with Crippen LogP contribution in [-0.4, -0.2) is 42.5 Å². The molecule has 0 fully saturated rings. The summed E-state index contributed by atoms with van der Waals surface area (Å²) >= 11 is 0. The Labute approximate surface area is 135 Å². The predicted octanol–water partition coefficient (Wildman–Crippen LogP) is 3.04. The van der Waals surface area contributed by atoms with Crippen LogP contribution in [-0.2, 0) is 0 Å². The lowest BCUT2D eigenvalue weighted by Gasteiger charge is -2.21. The topological polar surface area (TPSA) is 81.9 Å². The van der Waals surface area contributed by atoms with Crippen molar-refractivity contribution >= 4 is 11.6 Å². The molecule has 1 rings (SSSR count). The summed E-state index contributed by atoms with van der Waals surface area (Å²) in [5, 5.41) is 11.3. The van der Waals surface area contributed by atoms with E-state index in [2.05, 4.69) is 6.58 Å². The second-order valence-electron chi connectivity index (χ2n) is 4.99. The van der Waals surface area contributed by atoms with Gasteiger partial charge in [-0.15, -0.1) is 0 Å². The first-order valence-electron chi connectivity index (χ1n) is 7.28. The average molecular weight is 322 g/mol. The highest BCUT2D eigenvalue weighted by Gasteiger charge is 2.27. The molecule has 7 nitrogen and oxygen atoms in total. The first-order valence-corrected chi connectivity index (χ1v) is 7.28. The van der Waals surface area contributed by atoms with Gasteiger partial charge in [-0.1, -0.05) is 12.2 Å². The third-order valence-electron chi connectivity index (χ3n) is 3.14. The van der Waals surface area contributed by atoms with E-state index in [1.54, 1.807) is 20.8 Å². The molecule has 0 bridgehead atoms. The van der Waals surface area contributed by atoms with E-state index < -0.39 is 10.8 Å².